The summed E-state index contributed by atoms with van der Waals surface area (Å²) in [5.74, 6) is -0.0123. The van der Waals surface area contributed by atoms with Gasteiger partial charge in [0.25, 0.3) is 0 Å². The lowest BCUT2D eigenvalue weighted by atomic mass is 9.97. The lowest BCUT2D eigenvalue weighted by molar-refractivity contribution is -0.132. The Bertz CT molecular complexity index is 1000. The summed E-state index contributed by atoms with van der Waals surface area (Å²) < 4.78 is 0. The van der Waals surface area contributed by atoms with E-state index in [4.69, 9.17) is 17.3 Å². The molecule has 0 unspecified atom stereocenters. The molecule has 3 aromatic rings. The normalized spacial score (nSPS) is 14.6. The van der Waals surface area contributed by atoms with Crippen molar-refractivity contribution < 1.29 is 4.79 Å². The number of rotatable bonds is 4. The summed E-state index contributed by atoms with van der Waals surface area (Å²) >= 11 is 5.91. The van der Waals surface area contributed by atoms with Crippen molar-refractivity contribution in [2.24, 2.45) is 5.73 Å². The van der Waals surface area contributed by atoms with Crippen LogP contribution in [-0.4, -0.2) is 39.9 Å². The molecule has 154 valence electrons. The topological polar surface area (TPSA) is 75.0 Å². The zero-order chi connectivity index (χ0) is 18.8. The highest BCUT2D eigenvalue weighted by molar-refractivity contribution is 6.30. The monoisotopic (exact) mass is 452 g/mol. The molecule has 0 aliphatic carbocycles. The van der Waals surface area contributed by atoms with Gasteiger partial charge in [-0.1, -0.05) is 29.8 Å². The van der Waals surface area contributed by atoms with Crippen LogP contribution < -0.4 is 5.73 Å². The number of nitrogens with zero attached hydrogens (tertiary/aromatic N) is 2. The van der Waals surface area contributed by atoms with E-state index in [0.717, 1.165) is 23.0 Å². The average molecular weight is 454 g/mol. The molecule has 0 radical (unpaired) electrons. The first-order valence-electron chi connectivity index (χ1n) is 9.02. The third-order valence-corrected chi connectivity index (χ3v) is 5.26. The van der Waals surface area contributed by atoms with Gasteiger partial charge in [-0.05, 0) is 53.8 Å². The molecule has 29 heavy (non-hydrogen) atoms. The second-order valence-electron chi connectivity index (χ2n) is 6.80. The first kappa shape index (κ1) is 23.2. The summed E-state index contributed by atoms with van der Waals surface area (Å²) in [6.07, 6.45) is 7.16. The molecule has 3 heterocycles. The maximum Gasteiger partial charge on any atom is 0.240 e. The van der Waals surface area contributed by atoms with Crippen molar-refractivity contribution in [3.63, 3.8) is 0 Å². The molecule has 1 aliphatic heterocycles. The molecule has 0 saturated heterocycles. The number of nitrogens with one attached hydrogen (secondary N) is 1. The standard InChI is InChI=1S/C21H21ClN4O.2ClH/c22-16-3-1-14(2-4-16)13-19(23)21(27)26-11-7-15(8-12-26)17-5-9-24-20-18(17)6-10-25-20;;/h1-7,9-10,19H,8,11-13,23H2,(H,24,25);2*1H/t19-;;/m1../s1. The number of benzene rings is 1. The molecule has 0 fully saturated rings. The van der Waals surface area contributed by atoms with Crippen LogP contribution in [0.5, 0.6) is 0 Å². The predicted octanol–water partition coefficient (Wildman–Crippen LogP) is 4.25. The van der Waals surface area contributed by atoms with E-state index in [1.54, 1.807) is 0 Å². The SMILES string of the molecule is Cl.Cl.N[C@H](Cc1ccc(Cl)cc1)C(=O)N1CC=C(c2ccnc3[nH]ccc23)CC1. The Hall–Kier alpha value is -2.05. The van der Waals surface area contributed by atoms with Gasteiger partial charge in [-0.3, -0.25) is 4.79 Å². The van der Waals surface area contributed by atoms with E-state index in [1.807, 2.05) is 53.7 Å². The number of nitrogens with two attached hydrogens (primary N) is 1. The van der Waals surface area contributed by atoms with Crippen LogP contribution in [0, 0.1) is 0 Å². The number of carbonyl (C=O) groups is 1. The number of pyridine rings is 1. The second kappa shape index (κ2) is 10.1. The molecule has 0 bridgehead atoms. The Kier molecular flexibility index (Phi) is 8.11. The fourth-order valence-electron chi connectivity index (χ4n) is 3.55. The van der Waals surface area contributed by atoms with Gasteiger partial charge in [0, 0.05) is 35.9 Å². The van der Waals surface area contributed by atoms with Crippen LogP contribution >= 0.6 is 36.4 Å². The summed E-state index contributed by atoms with van der Waals surface area (Å²) in [7, 11) is 0. The summed E-state index contributed by atoms with van der Waals surface area (Å²) in [5.41, 5.74) is 10.5. The van der Waals surface area contributed by atoms with Gasteiger partial charge in [0.1, 0.15) is 5.65 Å². The minimum Gasteiger partial charge on any atom is -0.346 e. The molecule has 2 aromatic heterocycles. The molecule has 0 saturated carbocycles. The maximum atomic E-state index is 12.7. The number of hydrogen-bond acceptors (Lipinski definition) is 3. The van der Waals surface area contributed by atoms with Crippen molar-refractivity contribution in [2.45, 2.75) is 18.9 Å². The van der Waals surface area contributed by atoms with Crippen molar-refractivity contribution in [2.75, 3.05) is 13.1 Å². The highest BCUT2D eigenvalue weighted by Crippen LogP contribution is 2.28. The van der Waals surface area contributed by atoms with E-state index in [2.05, 4.69) is 16.0 Å². The molecular weight excluding hydrogens is 431 g/mol. The Balaban J connectivity index is 0.00000150. The Morgan fingerprint density at radius 2 is 1.97 bits per heavy atom. The van der Waals surface area contributed by atoms with Crippen LogP contribution in [-0.2, 0) is 11.2 Å². The van der Waals surface area contributed by atoms with Crippen molar-refractivity contribution >= 4 is 58.9 Å². The van der Waals surface area contributed by atoms with Gasteiger partial charge in [0.05, 0.1) is 6.04 Å². The molecule has 1 atom stereocenters. The molecule has 3 N–H and O–H groups in total. The number of halogens is 3. The van der Waals surface area contributed by atoms with E-state index in [0.29, 0.717) is 24.5 Å². The van der Waals surface area contributed by atoms with Crippen LogP contribution in [0.15, 0.2) is 54.9 Å². The van der Waals surface area contributed by atoms with Gasteiger partial charge < -0.3 is 15.6 Å². The van der Waals surface area contributed by atoms with Gasteiger partial charge in [0.15, 0.2) is 0 Å². The van der Waals surface area contributed by atoms with Gasteiger partial charge in [0.2, 0.25) is 5.91 Å². The van der Waals surface area contributed by atoms with Gasteiger partial charge in [-0.25, -0.2) is 4.98 Å². The smallest absolute Gasteiger partial charge is 0.240 e. The highest BCUT2D eigenvalue weighted by atomic mass is 35.5. The van der Waals surface area contributed by atoms with Crippen LogP contribution in [0.2, 0.25) is 5.02 Å². The van der Waals surface area contributed by atoms with E-state index < -0.39 is 6.04 Å². The molecule has 1 amide bonds. The zero-order valence-corrected chi connectivity index (χ0v) is 18.1. The van der Waals surface area contributed by atoms with Crippen molar-refractivity contribution in [3.05, 3.63) is 71.0 Å². The molecule has 0 spiro atoms. The maximum absolute atomic E-state index is 12.7. The Morgan fingerprint density at radius 1 is 1.21 bits per heavy atom. The number of aromatic amines is 1. The summed E-state index contributed by atoms with van der Waals surface area (Å²) in [4.78, 5) is 22.0. The van der Waals surface area contributed by atoms with Gasteiger partial charge in [-0.2, -0.15) is 0 Å². The molecule has 1 aliphatic rings. The second-order valence-corrected chi connectivity index (χ2v) is 7.24. The number of H-pyrrole nitrogens is 1. The fraction of sp³-hybridized carbons (Fsp3) is 0.238. The summed E-state index contributed by atoms with van der Waals surface area (Å²) in [5, 5.41) is 1.79. The summed E-state index contributed by atoms with van der Waals surface area (Å²) in [6.45, 7) is 1.25. The van der Waals surface area contributed by atoms with E-state index in [9.17, 15) is 4.79 Å². The van der Waals surface area contributed by atoms with Gasteiger partial charge >= 0.3 is 0 Å². The lowest BCUT2D eigenvalue weighted by Gasteiger charge is -2.29. The largest absolute Gasteiger partial charge is 0.346 e. The molecular formula is C21H23Cl3N4O. The number of fused-ring (bicyclic) bond motifs is 1. The van der Waals surface area contributed by atoms with Crippen LogP contribution in [0.1, 0.15) is 17.5 Å². The quantitative estimate of drug-likeness (QED) is 0.620. The number of amides is 1. The average Bonchev–Trinajstić information content (AvgIpc) is 3.18. The molecule has 5 nitrogen and oxygen atoms in total. The minimum atomic E-state index is -0.543. The van der Waals surface area contributed by atoms with Crippen molar-refractivity contribution in [3.8, 4) is 0 Å². The molecule has 4 rings (SSSR count). The van der Waals surface area contributed by atoms with Gasteiger partial charge in [-0.15, -0.1) is 24.8 Å². The fourth-order valence-corrected chi connectivity index (χ4v) is 3.68. The molecule has 1 aromatic carbocycles. The van der Waals surface area contributed by atoms with E-state index >= 15 is 0 Å². The summed E-state index contributed by atoms with van der Waals surface area (Å²) in [6, 6.07) is 11.0. The number of aromatic nitrogens is 2. The number of hydrogen-bond donors (Lipinski definition) is 2. The minimum absolute atomic E-state index is 0. The van der Waals surface area contributed by atoms with Crippen molar-refractivity contribution in [1.82, 2.24) is 14.9 Å². The van der Waals surface area contributed by atoms with Crippen LogP contribution in [0.3, 0.4) is 0 Å². The predicted molar refractivity (Wildman–Crippen MR) is 123 cm³/mol. The number of carbonyl (C=O) groups excluding carboxylic acids is 1. The Labute approximate surface area is 187 Å². The molecule has 8 heteroatoms. The first-order chi connectivity index (χ1) is 13.1. The highest BCUT2D eigenvalue weighted by Gasteiger charge is 2.24. The third-order valence-electron chi connectivity index (χ3n) is 5.01. The van der Waals surface area contributed by atoms with Crippen LogP contribution in [0.4, 0.5) is 0 Å². The lowest BCUT2D eigenvalue weighted by Crippen LogP contribution is -2.46. The zero-order valence-electron chi connectivity index (χ0n) is 15.7. The van der Waals surface area contributed by atoms with E-state index in [1.165, 1.54) is 11.1 Å². The Morgan fingerprint density at radius 3 is 2.66 bits per heavy atom. The van der Waals surface area contributed by atoms with E-state index in [-0.39, 0.29) is 30.7 Å². The third kappa shape index (κ3) is 5.11. The van der Waals surface area contributed by atoms with Crippen molar-refractivity contribution in [1.29, 1.82) is 0 Å². The van der Waals surface area contributed by atoms with Crippen LogP contribution in [0.25, 0.3) is 16.6 Å². The first-order valence-corrected chi connectivity index (χ1v) is 9.40.